The van der Waals surface area contributed by atoms with E-state index >= 15 is 0 Å². The van der Waals surface area contributed by atoms with Gasteiger partial charge in [-0.25, -0.2) is 0 Å². The fraction of sp³-hybridized carbons (Fsp3) is 1.00. The molecule has 2 rings (SSSR count). The van der Waals surface area contributed by atoms with Crippen LogP contribution in [0.1, 0.15) is 87.0 Å². The highest BCUT2D eigenvalue weighted by Crippen LogP contribution is 2.44. The Morgan fingerprint density at radius 2 is 1.24 bits per heavy atom. The predicted molar refractivity (Wildman–Crippen MR) is 95.5 cm³/mol. The van der Waals surface area contributed by atoms with E-state index in [1.165, 1.54) is 69.2 Å². The average Bonchev–Trinajstić information content (AvgIpc) is 2.40. The lowest BCUT2D eigenvalue weighted by Gasteiger charge is -2.50. The van der Waals surface area contributed by atoms with Crippen LogP contribution in [0.15, 0.2) is 0 Å². The molecule has 2 saturated heterocycles. The van der Waals surface area contributed by atoms with Crippen LogP contribution in [-0.2, 0) is 0 Å². The zero-order chi connectivity index (χ0) is 16.1. The van der Waals surface area contributed by atoms with Crippen molar-refractivity contribution >= 4 is 0 Å². The summed E-state index contributed by atoms with van der Waals surface area (Å²) in [4.78, 5) is 0. The maximum absolute atomic E-state index is 2.52. The van der Waals surface area contributed by atoms with Gasteiger partial charge in [0, 0.05) is 12.8 Å². The zero-order valence-electron chi connectivity index (χ0n) is 16.1. The normalized spacial score (nSPS) is 23.6. The maximum atomic E-state index is 2.52. The number of quaternary nitrogens is 1. The van der Waals surface area contributed by atoms with E-state index in [9.17, 15) is 0 Å². The van der Waals surface area contributed by atoms with Crippen molar-refractivity contribution < 1.29 is 4.48 Å². The number of hydrogen-bond acceptors (Lipinski definition) is 0. The van der Waals surface area contributed by atoms with E-state index in [1.54, 1.807) is 0 Å². The molecule has 0 aromatic heterocycles. The highest BCUT2D eigenvalue weighted by molar-refractivity contribution is 4.84. The van der Waals surface area contributed by atoms with Crippen molar-refractivity contribution in [2.45, 2.75) is 87.0 Å². The Hall–Kier alpha value is -0.0400. The van der Waals surface area contributed by atoms with Crippen molar-refractivity contribution in [2.75, 3.05) is 26.2 Å². The molecule has 1 nitrogen and oxygen atoms in total. The monoisotopic (exact) mass is 296 g/mol. The molecule has 21 heavy (non-hydrogen) atoms. The molecule has 0 aliphatic carbocycles. The van der Waals surface area contributed by atoms with Crippen LogP contribution in [0.2, 0.25) is 0 Å². The lowest BCUT2D eigenvalue weighted by molar-refractivity contribution is -0.938. The molecule has 0 atom stereocenters. The first kappa shape index (κ1) is 19.0. The molecule has 2 heterocycles. The van der Waals surface area contributed by atoms with Gasteiger partial charge in [0.1, 0.15) is 0 Å². The molecule has 0 bridgehead atoms. The molecule has 0 unspecified atom stereocenters. The Morgan fingerprint density at radius 1 is 0.762 bits per heavy atom. The minimum Gasteiger partial charge on any atom is -0.324 e. The van der Waals surface area contributed by atoms with Gasteiger partial charge in [0.05, 0.1) is 26.2 Å². The van der Waals surface area contributed by atoms with Crippen LogP contribution in [0.5, 0.6) is 0 Å². The molecular formula is C20H42N+. The molecule has 0 aromatic rings. The Bertz CT molecular complexity index is 281. The van der Waals surface area contributed by atoms with E-state index in [-0.39, 0.29) is 0 Å². The molecular weight excluding hydrogens is 254 g/mol. The van der Waals surface area contributed by atoms with Gasteiger partial charge in [0.25, 0.3) is 0 Å². The quantitative estimate of drug-likeness (QED) is 0.558. The molecule has 0 N–H and O–H groups in total. The fourth-order valence-electron chi connectivity index (χ4n) is 5.04. The standard InChI is InChI=1S/C18H36N.C2H6/c1-17(2,3)15-18(4,5)16-9-13-19(14-10-16)11-7-6-8-12-19;1-2/h16H,6-15H2,1-5H3;1-2H3/q+1;. The second-order valence-corrected chi connectivity index (χ2v) is 9.30. The summed E-state index contributed by atoms with van der Waals surface area (Å²) in [6.45, 7) is 22.1. The van der Waals surface area contributed by atoms with Crippen molar-refractivity contribution in [3.8, 4) is 0 Å². The highest BCUT2D eigenvalue weighted by Gasteiger charge is 2.41. The summed E-state index contributed by atoms with van der Waals surface area (Å²) in [5, 5.41) is 0. The smallest absolute Gasteiger partial charge is 0.0789 e. The SMILES string of the molecule is CC.CC(C)(C)CC(C)(C)C1CC[N+]2(CCCCC2)CC1. The molecule has 2 aliphatic heterocycles. The van der Waals surface area contributed by atoms with Crippen LogP contribution in [0, 0.1) is 16.7 Å². The van der Waals surface area contributed by atoms with E-state index in [4.69, 9.17) is 0 Å². The van der Waals surface area contributed by atoms with E-state index in [0.717, 1.165) is 5.92 Å². The van der Waals surface area contributed by atoms with Crippen molar-refractivity contribution in [3.63, 3.8) is 0 Å². The summed E-state index contributed by atoms with van der Waals surface area (Å²) in [5.74, 6) is 0.956. The van der Waals surface area contributed by atoms with Crippen LogP contribution < -0.4 is 0 Å². The summed E-state index contributed by atoms with van der Waals surface area (Å²) < 4.78 is 1.47. The van der Waals surface area contributed by atoms with Crippen molar-refractivity contribution in [3.05, 3.63) is 0 Å². The Morgan fingerprint density at radius 3 is 1.67 bits per heavy atom. The molecule has 0 amide bonds. The van der Waals surface area contributed by atoms with Gasteiger partial charge in [-0.3, -0.25) is 0 Å². The van der Waals surface area contributed by atoms with Gasteiger partial charge >= 0.3 is 0 Å². The van der Waals surface area contributed by atoms with Crippen LogP contribution >= 0.6 is 0 Å². The Labute approximate surface area is 135 Å². The first-order valence-corrected chi connectivity index (χ1v) is 9.58. The Balaban J connectivity index is 0.00000106. The first-order chi connectivity index (χ1) is 9.73. The third-order valence-corrected chi connectivity index (χ3v) is 5.76. The van der Waals surface area contributed by atoms with Gasteiger partial charge in [0.15, 0.2) is 0 Å². The van der Waals surface area contributed by atoms with Gasteiger partial charge in [0.2, 0.25) is 0 Å². The molecule has 1 heteroatoms. The van der Waals surface area contributed by atoms with Crippen LogP contribution in [0.3, 0.4) is 0 Å². The second-order valence-electron chi connectivity index (χ2n) is 9.30. The lowest BCUT2D eigenvalue weighted by atomic mass is 9.66. The third-order valence-electron chi connectivity index (χ3n) is 5.76. The van der Waals surface area contributed by atoms with Gasteiger partial charge < -0.3 is 4.48 Å². The number of rotatable bonds is 2. The lowest BCUT2D eigenvalue weighted by Crippen LogP contribution is -2.56. The number of piperidine rings is 2. The Kier molecular flexibility index (Phi) is 6.78. The summed E-state index contributed by atoms with van der Waals surface area (Å²) >= 11 is 0. The largest absolute Gasteiger partial charge is 0.324 e. The third kappa shape index (κ3) is 5.58. The molecule has 2 fully saturated rings. The second kappa shape index (κ2) is 7.49. The molecule has 0 saturated carbocycles. The van der Waals surface area contributed by atoms with Crippen molar-refractivity contribution in [1.82, 2.24) is 0 Å². The maximum Gasteiger partial charge on any atom is 0.0789 e. The summed E-state index contributed by atoms with van der Waals surface area (Å²) in [6.07, 6.45) is 8.77. The summed E-state index contributed by atoms with van der Waals surface area (Å²) in [6, 6.07) is 0. The molecule has 0 aromatic carbocycles. The van der Waals surface area contributed by atoms with Crippen LogP contribution in [0.4, 0.5) is 0 Å². The van der Waals surface area contributed by atoms with E-state index in [0.29, 0.717) is 10.8 Å². The summed E-state index contributed by atoms with van der Waals surface area (Å²) in [7, 11) is 0. The van der Waals surface area contributed by atoms with E-state index < -0.39 is 0 Å². The highest BCUT2D eigenvalue weighted by atomic mass is 15.4. The minimum absolute atomic E-state index is 0.471. The fourth-order valence-corrected chi connectivity index (χ4v) is 5.04. The van der Waals surface area contributed by atoms with Gasteiger partial charge in [-0.15, -0.1) is 0 Å². The topological polar surface area (TPSA) is 0 Å². The van der Waals surface area contributed by atoms with E-state index in [2.05, 4.69) is 34.6 Å². The number of nitrogens with zero attached hydrogens (tertiary/aromatic N) is 1. The summed E-state index contributed by atoms with van der Waals surface area (Å²) in [5.41, 5.74) is 0.997. The van der Waals surface area contributed by atoms with Crippen molar-refractivity contribution in [1.29, 1.82) is 0 Å². The predicted octanol–water partition coefficient (Wildman–Crippen LogP) is 5.89. The van der Waals surface area contributed by atoms with Gasteiger partial charge in [-0.05, 0) is 42.4 Å². The minimum atomic E-state index is 0.471. The number of hydrogen-bond donors (Lipinski definition) is 0. The van der Waals surface area contributed by atoms with Gasteiger partial charge in [-0.2, -0.15) is 0 Å². The molecule has 126 valence electrons. The zero-order valence-corrected chi connectivity index (χ0v) is 16.1. The van der Waals surface area contributed by atoms with Crippen LogP contribution in [-0.4, -0.2) is 30.7 Å². The first-order valence-electron chi connectivity index (χ1n) is 9.58. The van der Waals surface area contributed by atoms with Crippen molar-refractivity contribution in [2.24, 2.45) is 16.7 Å². The van der Waals surface area contributed by atoms with Crippen LogP contribution in [0.25, 0.3) is 0 Å². The van der Waals surface area contributed by atoms with E-state index in [1.807, 2.05) is 13.8 Å². The molecule has 1 spiro atoms. The van der Waals surface area contributed by atoms with Gasteiger partial charge in [-0.1, -0.05) is 48.5 Å². The molecule has 0 radical (unpaired) electrons. The molecule has 2 aliphatic rings. The average molecular weight is 297 g/mol.